The number of nitrogens with one attached hydrogen (secondary N) is 1. The van der Waals surface area contributed by atoms with Crippen LogP contribution in [0, 0.1) is 6.92 Å². The van der Waals surface area contributed by atoms with Crippen LogP contribution < -0.4 is 5.32 Å². The lowest BCUT2D eigenvalue weighted by atomic mass is 10.2. The van der Waals surface area contributed by atoms with Crippen LogP contribution in [0.3, 0.4) is 0 Å². The van der Waals surface area contributed by atoms with Gasteiger partial charge in [0.25, 0.3) is 0 Å². The summed E-state index contributed by atoms with van der Waals surface area (Å²) in [6, 6.07) is 5.80. The van der Waals surface area contributed by atoms with Crippen LogP contribution >= 0.6 is 0 Å². The zero-order valence-electron chi connectivity index (χ0n) is 12.7. The van der Waals surface area contributed by atoms with Crippen LogP contribution in [0.15, 0.2) is 30.7 Å². The fourth-order valence-corrected chi connectivity index (χ4v) is 2.44. The van der Waals surface area contributed by atoms with Crippen LogP contribution in [0.2, 0.25) is 0 Å². The molecule has 0 radical (unpaired) electrons. The van der Waals surface area contributed by atoms with E-state index in [2.05, 4.69) is 20.5 Å². The quantitative estimate of drug-likeness (QED) is 0.751. The van der Waals surface area contributed by atoms with E-state index in [0.29, 0.717) is 19.4 Å². The van der Waals surface area contributed by atoms with E-state index in [1.807, 2.05) is 47.3 Å². The largest absolute Gasteiger partial charge is 0.355 e. The Kier molecular flexibility index (Phi) is 3.86. The molecule has 0 aliphatic heterocycles. The smallest absolute Gasteiger partial charge is 0.226 e. The van der Waals surface area contributed by atoms with Gasteiger partial charge < -0.3 is 14.3 Å². The third kappa shape index (κ3) is 2.83. The van der Waals surface area contributed by atoms with Gasteiger partial charge >= 0.3 is 0 Å². The summed E-state index contributed by atoms with van der Waals surface area (Å²) in [6.07, 6.45) is 4.56. The van der Waals surface area contributed by atoms with E-state index in [4.69, 9.17) is 0 Å². The van der Waals surface area contributed by atoms with Gasteiger partial charge in [0, 0.05) is 26.2 Å². The molecule has 114 valence electrons. The number of fused-ring (bicyclic) bond motifs is 1. The van der Waals surface area contributed by atoms with Gasteiger partial charge in [-0.3, -0.25) is 4.79 Å². The summed E-state index contributed by atoms with van der Waals surface area (Å²) < 4.78 is 3.80. The Labute approximate surface area is 128 Å². The van der Waals surface area contributed by atoms with Gasteiger partial charge in [0.05, 0.1) is 17.8 Å². The Morgan fingerprint density at radius 2 is 2.23 bits per heavy atom. The van der Waals surface area contributed by atoms with Crippen molar-refractivity contribution >= 4 is 11.6 Å². The monoisotopic (exact) mass is 298 g/mol. The average molecular weight is 298 g/mol. The highest BCUT2D eigenvalue weighted by atomic mass is 16.1. The van der Waals surface area contributed by atoms with E-state index in [-0.39, 0.29) is 5.91 Å². The summed E-state index contributed by atoms with van der Waals surface area (Å²) >= 11 is 0. The third-order valence-electron chi connectivity index (χ3n) is 3.63. The van der Waals surface area contributed by atoms with Crippen molar-refractivity contribution in [1.29, 1.82) is 0 Å². The minimum absolute atomic E-state index is 0.0177. The summed E-state index contributed by atoms with van der Waals surface area (Å²) in [7, 11) is 1.89. The zero-order valence-corrected chi connectivity index (χ0v) is 12.7. The Morgan fingerprint density at radius 1 is 1.36 bits per heavy atom. The SMILES string of the molecule is Cc1nc2ccccn2c1CC(=O)NCCc1nncn1C. The van der Waals surface area contributed by atoms with E-state index >= 15 is 0 Å². The number of amides is 1. The molecule has 0 aliphatic carbocycles. The van der Waals surface area contributed by atoms with Crippen molar-refractivity contribution in [3.05, 3.63) is 47.9 Å². The summed E-state index contributed by atoms with van der Waals surface area (Å²) in [5.74, 6) is 0.835. The van der Waals surface area contributed by atoms with Gasteiger partial charge in [-0.05, 0) is 19.1 Å². The Hall–Kier alpha value is -2.70. The highest BCUT2D eigenvalue weighted by Gasteiger charge is 2.12. The molecule has 3 rings (SSSR count). The van der Waals surface area contributed by atoms with Gasteiger partial charge in [-0.25, -0.2) is 4.98 Å². The molecule has 0 aliphatic rings. The predicted octanol–water partition coefficient (Wildman–Crippen LogP) is 0.673. The lowest BCUT2D eigenvalue weighted by Gasteiger charge is -2.06. The van der Waals surface area contributed by atoms with Crippen molar-refractivity contribution < 1.29 is 4.79 Å². The molecule has 3 aromatic rings. The first-order valence-electron chi connectivity index (χ1n) is 7.17. The van der Waals surface area contributed by atoms with Crippen LogP contribution in [0.4, 0.5) is 0 Å². The zero-order chi connectivity index (χ0) is 15.5. The molecule has 0 atom stereocenters. The van der Waals surface area contributed by atoms with Gasteiger partial charge in [-0.15, -0.1) is 10.2 Å². The third-order valence-corrected chi connectivity index (χ3v) is 3.63. The second-order valence-corrected chi connectivity index (χ2v) is 5.21. The molecule has 3 aromatic heterocycles. The van der Waals surface area contributed by atoms with E-state index in [0.717, 1.165) is 22.9 Å². The lowest BCUT2D eigenvalue weighted by Crippen LogP contribution is -2.28. The van der Waals surface area contributed by atoms with Gasteiger partial charge in [-0.1, -0.05) is 6.07 Å². The molecule has 3 heterocycles. The molecule has 0 saturated heterocycles. The molecule has 0 fully saturated rings. The molecule has 7 nitrogen and oxygen atoms in total. The maximum absolute atomic E-state index is 12.1. The number of aromatic nitrogens is 5. The summed E-state index contributed by atoms with van der Waals surface area (Å²) in [5, 5.41) is 10.7. The fourth-order valence-electron chi connectivity index (χ4n) is 2.44. The van der Waals surface area contributed by atoms with E-state index < -0.39 is 0 Å². The Bertz CT molecular complexity index is 803. The summed E-state index contributed by atoms with van der Waals surface area (Å²) in [5.41, 5.74) is 2.67. The van der Waals surface area contributed by atoms with Crippen molar-refractivity contribution in [3.63, 3.8) is 0 Å². The van der Waals surface area contributed by atoms with Crippen molar-refractivity contribution in [2.24, 2.45) is 7.05 Å². The molecule has 0 aromatic carbocycles. The number of aryl methyl sites for hydroxylation is 2. The number of pyridine rings is 1. The maximum atomic E-state index is 12.1. The lowest BCUT2D eigenvalue weighted by molar-refractivity contribution is -0.120. The van der Waals surface area contributed by atoms with Gasteiger partial charge in [-0.2, -0.15) is 0 Å². The second-order valence-electron chi connectivity index (χ2n) is 5.21. The standard InChI is InChI=1S/C15H18N6O/c1-11-12(21-8-4-3-5-13(21)18-11)9-15(22)16-7-6-14-19-17-10-20(14)2/h3-5,8,10H,6-7,9H2,1-2H3,(H,16,22). The van der Waals surface area contributed by atoms with Crippen LogP contribution in [0.1, 0.15) is 17.2 Å². The second kappa shape index (κ2) is 5.97. The van der Waals surface area contributed by atoms with Crippen LogP contribution in [0.5, 0.6) is 0 Å². The number of rotatable bonds is 5. The minimum atomic E-state index is -0.0177. The minimum Gasteiger partial charge on any atom is -0.355 e. The molecular formula is C15H18N6O. The van der Waals surface area contributed by atoms with Crippen LogP contribution in [-0.4, -0.2) is 36.6 Å². The van der Waals surface area contributed by atoms with Crippen LogP contribution in [-0.2, 0) is 24.7 Å². The molecule has 0 spiro atoms. The molecule has 1 N–H and O–H groups in total. The normalized spacial score (nSPS) is 11.0. The molecular weight excluding hydrogens is 280 g/mol. The summed E-state index contributed by atoms with van der Waals surface area (Å²) in [6.45, 7) is 2.47. The molecule has 0 unspecified atom stereocenters. The average Bonchev–Trinajstić information content (AvgIpc) is 3.04. The number of hydrogen-bond donors (Lipinski definition) is 1. The molecule has 7 heteroatoms. The maximum Gasteiger partial charge on any atom is 0.226 e. The molecule has 0 saturated carbocycles. The highest BCUT2D eigenvalue weighted by Crippen LogP contribution is 2.12. The Morgan fingerprint density at radius 3 is 3.00 bits per heavy atom. The molecule has 0 bridgehead atoms. The molecule has 22 heavy (non-hydrogen) atoms. The number of nitrogens with zero attached hydrogens (tertiary/aromatic N) is 5. The van der Waals surface area contributed by atoms with Crippen molar-refractivity contribution in [3.8, 4) is 0 Å². The number of imidazole rings is 1. The fraction of sp³-hybridized carbons (Fsp3) is 0.333. The number of carbonyl (C=O) groups excluding carboxylic acids is 1. The molecule has 1 amide bonds. The van der Waals surface area contributed by atoms with Crippen molar-refractivity contribution in [1.82, 2.24) is 29.5 Å². The first-order chi connectivity index (χ1) is 10.6. The van der Waals surface area contributed by atoms with Gasteiger partial charge in [0.15, 0.2) is 0 Å². The van der Waals surface area contributed by atoms with Crippen molar-refractivity contribution in [2.75, 3.05) is 6.54 Å². The highest BCUT2D eigenvalue weighted by molar-refractivity contribution is 5.78. The number of carbonyl (C=O) groups is 1. The van der Waals surface area contributed by atoms with E-state index in [9.17, 15) is 4.79 Å². The van der Waals surface area contributed by atoms with E-state index in [1.165, 1.54) is 0 Å². The topological polar surface area (TPSA) is 77.1 Å². The first-order valence-corrected chi connectivity index (χ1v) is 7.17. The van der Waals surface area contributed by atoms with Crippen LogP contribution in [0.25, 0.3) is 5.65 Å². The van der Waals surface area contributed by atoms with Gasteiger partial charge in [0.2, 0.25) is 5.91 Å². The van der Waals surface area contributed by atoms with E-state index in [1.54, 1.807) is 6.33 Å². The number of hydrogen-bond acceptors (Lipinski definition) is 4. The first kappa shape index (κ1) is 14.2. The summed E-state index contributed by atoms with van der Waals surface area (Å²) in [4.78, 5) is 16.6. The predicted molar refractivity (Wildman–Crippen MR) is 81.3 cm³/mol. The van der Waals surface area contributed by atoms with Crippen molar-refractivity contribution in [2.45, 2.75) is 19.8 Å². The van der Waals surface area contributed by atoms with Gasteiger partial charge in [0.1, 0.15) is 17.8 Å². The Balaban J connectivity index is 1.61.